The predicted molar refractivity (Wildman–Crippen MR) is 105 cm³/mol. The molecule has 27 heavy (non-hydrogen) atoms. The zero-order chi connectivity index (χ0) is 19.3. The Labute approximate surface area is 158 Å². The van der Waals surface area contributed by atoms with Gasteiger partial charge >= 0.3 is 0 Å². The van der Waals surface area contributed by atoms with Crippen LogP contribution in [-0.4, -0.2) is 36.4 Å². The van der Waals surface area contributed by atoms with Crippen LogP contribution in [0.4, 0.5) is 15.9 Å². The van der Waals surface area contributed by atoms with E-state index in [1.807, 2.05) is 6.07 Å². The molecule has 2 aliphatic rings. The van der Waals surface area contributed by atoms with Gasteiger partial charge in [-0.15, -0.1) is 0 Å². The van der Waals surface area contributed by atoms with E-state index in [2.05, 4.69) is 23.3 Å². The van der Waals surface area contributed by atoms with Crippen molar-refractivity contribution in [1.29, 1.82) is 0 Å². The number of nitrogen functional groups attached to an aromatic ring is 1. The summed E-state index contributed by atoms with van der Waals surface area (Å²) >= 11 is 0. The fourth-order valence-corrected chi connectivity index (χ4v) is 4.10. The SMILES string of the molecule is CC=C1CC2(CNc3ncc(-c4ccc(N)c(C(=O)N(C)C)c4F)cc32)C1. The van der Waals surface area contributed by atoms with Crippen molar-refractivity contribution >= 4 is 17.4 Å². The average Bonchev–Trinajstić information content (AvgIpc) is 2.99. The van der Waals surface area contributed by atoms with Crippen LogP contribution < -0.4 is 11.1 Å². The maximum atomic E-state index is 15.2. The lowest BCUT2D eigenvalue weighted by Gasteiger charge is -2.40. The molecule has 1 aromatic heterocycles. The minimum atomic E-state index is -0.599. The van der Waals surface area contributed by atoms with Crippen molar-refractivity contribution in [3.63, 3.8) is 0 Å². The molecule has 3 N–H and O–H groups in total. The Morgan fingerprint density at radius 3 is 2.78 bits per heavy atom. The number of halogens is 1. The summed E-state index contributed by atoms with van der Waals surface area (Å²) in [5, 5.41) is 3.37. The number of fused-ring (bicyclic) bond motifs is 2. The normalized spacial score (nSPS) is 20.1. The van der Waals surface area contributed by atoms with Crippen molar-refractivity contribution in [2.24, 2.45) is 0 Å². The highest BCUT2D eigenvalue weighted by Gasteiger charge is 2.47. The van der Waals surface area contributed by atoms with Crippen LogP contribution in [0.25, 0.3) is 11.1 Å². The number of anilines is 2. The number of aromatic nitrogens is 1. The van der Waals surface area contributed by atoms with Gasteiger partial charge in [0.15, 0.2) is 0 Å². The summed E-state index contributed by atoms with van der Waals surface area (Å²) in [6.45, 7) is 2.91. The monoisotopic (exact) mass is 366 g/mol. The Balaban J connectivity index is 1.79. The number of nitrogens with zero attached hydrogens (tertiary/aromatic N) is 2. The fraction of sp³-hybridized carbons (Fsp3) is 0.333. The van der Waals surface area contributed by atoms with E-state index in [-0.39, 0.29) is 16.7 Å². The number of benzene rings is 1. The number of carbonyl (C=O) groups excluding carboxylic acids is 1. The molecular formula is C21H23FN4O. The Kier molecular flexibility index (Phi) is 3.94. The standard InChI is InChI=1S/C21H23FN4O/c1-4-12-8-21(9-12)11-25-19-15(21)7-13(10-24-19)14-5-6-16(23)17(18(14)22)20(27)26(2)3/h4-7,10H,8-9,11,23H2,1-3H3,(H,24,25). The zero-order valence-corrected chi connectivity index (χ0v) is 15.8. The first-order chi connectivity index (χ1) is 12.9. The van der Waals surface area contributed by atoms with E-state index in [1.165, 1.54) is 10.5 Å². The van der Waals surface area contributed by atoms with Crippen molar-refractivity contribution in [3.05, 3.63) is 53.0 Å². The van der Waals surface area contributed by atoms with Gasteiger partial charge in [-0.05, 0) is 38.0 Å². The Morgan fingerprint density at radius 2 is 2.11 bits per heavy atom. The summed E-state index contributed by atoms with van der Waals surface area (Å²) in [4.78, 5) is 18.2. The van der Waals surface area contributed by atoms with E-state index >= 15 is 4.39 Å². The van der Waals surface area contributed by atoms with Crippen LogP contribution in [0.1, 0.15) is 35.7 Å². The minimum Gasteiger partial charge on any atom is -0.398 e. The van der Waals surface area contributed by atoms with Gasteiger partial charge in [0, 0.05) is 54.6 Å². The van der Waals surface area contributed by atoms with Gasteiger partial charge in [-0.3, -0.25) is 4.79 Å². The van der Waals surface area contributed by atoms with E-state index in [9.17, 15) is 4.79 Å². The number of hydrogen-bond donors (Lipinski definition) is 2. The Bertz CT molecular complexity index is 972. The smallest absolute Gasteiger partial charge is 0.258 e. The molecule has 1 fully saturated rings. The molecule has 5 nitrogen and oxygen atoms in total. The third-order valence-corrected chi connectivity index (χ3v) is 5.70. The molecule has 140 valence electrons. The predicted octanol–water partition coefficient (Wildman–Crippen LogP) is 3.58. The number of pyridine rings is 1. The van der Waals surface area contributed by atoms with Crippen LogP contribution in [0.5, 0.6) is 0 Å². The van der Waals surface area contributed by atoms with Crippen molar-refractivity contribution in [1.82, 2.24) is 9.88 Å². The largest absolute Gasteiger partial charge is 0.398 e. The molecule has 1 aromatic carbocycles. The van der Waals surface area contributed by atoms with E-state index < -0.39 is 11.7 Å². The molecule has 1 amide bonds. The summed E-state index contributed by atoms with van der Waals surface area (Å²) in [7, 11) is 3.16. The van der Waals surface area contributed by atoms with E-state index in [0.717, 1.165) is 30.8 Å². The van der Waals surface area contributed by atoms with Gasteiger partial charge in [-0.2, -0.15) is 0 Å². The zero-order valence-electron chi connectivity index (χ0n) is 15.8. The van der Waals surface area contributed by atoms with Crippen LogP contribution in [0, 0.1) is 5.82 Å². The maximum Gasteiger partial charge on any atom is 0.258 e. The molecule has 2 heterocycles. The fourth-order valence-electron chi connectivity index (χ4n) is 4.10. The highest BCUT2D eigenvalue weighted by atomic mass is 19.1. The topological polar surface area (TPSA) is 71.2 Å². The third kappa shape index (κ3) is 2.59. The van der Waals surface area contributed by atoms with Gasteiger partial charge < -0.3 is 16.0 Å². The molecule has 4 rings (SSSR count). The maximum absolute atomic E-state index is 15.2. The highest BCUT2D eigenvalue weighted by Crippen LogP contribution is 2.53. The molecule has 6 heteroatoms. The second-order valence-electron chi connectivity index (χ2n) is 7.65. The minimum absolute atomic E-state index is 0.0484. The van der Waals surface area contributed by atoms with Crippen LogP contribution in [0.15, 0.2) is 36.0 Å². The molecule has 1 spiro atoms. The van der Waals surface area contributed by atoms with Crippen molar-refractivity contribution in [3.8, 4) is 11.1 Å². The highest BCUT2D eigenvalue weighted by molar-refractivity contribution is 6.00. The van der Waals surface area contributed by atoms with Gasteiger partial charge in [-0.1, -0.05) is 11.6 Å². The van der Waals surface area contributed by atoms with Crippen LogP contribution >= 0.6 is 0 Å². The number of carbonyl (C=O) groups is 1. The number of amides is 1. The number of nitrogens with one attached hydrogen (secondary N) is 1. The lowest BCUT2D eigenvalue weighted by molar-refractivity contribution is 0.0824. The van der Waals surface area contributed by atoms with Crippen LogP contribution in [0.3, 0.4) is 0 Å². The van der Waals surface area contributed by atoms with Gasteiger partial charge in [0.2, 0.25) is 0 Å². The van der Waals surface area contributed by atoms with Gasteiger partial charge in [0.05, 0.1) is 5.56 Å². The first kappa shape index (κ1) is 17.5. The van der Waals surface area contributed by atoms with Crippen LogP contribution in [-0.2, 0) is 5.41 Å². The third-order valence-electron chi connectivity index (χ3n) is 5.70. The van der Waals surface area contributed by atoms with Gasteiger partial charge in [0.1, 0.15) is 11.6 Å². The van der Waals surface area contributed by atoms with Crippen LogP contribution in [0.2, 0.25) is 0 Å². The summed E-state index contributed by atoms with van der Waals surface area (Å²) < 4.78 is 15.2. The number of rotatable bonds is 2. The summed E-state index contributed by atoms with van der Waals surface area (Å²) in [5.74, 6) is -0.177. The van der Waals surface area contributed by atoms with Crippen molar-refractivity contribution in [2.45, 2.75) is 25.2 Å². The summed E-state index contributed by atoms with van der Waals surface area (Å²) in [6, 6.07) is 5.21. The molecular weight excluding hydrogens is 343 g/mol. The second kappa shape index (κ2) is 6.08. The molecule has 0 unspecified atom stereocenters. The van der Waals surface area contributed by atoms with Gasteiger partial charge in [-0.25, -0.2) is 9.37 Å². The van der Waals surface area contributed by atoms with Crippen molar-refractivity contribution < 1.29 is 9.18 Å². The molecule has 0 bridgehead atoms. The first-order valence-corrected chi connectivity index (χ1v) is 9.05. The molecule has 1 aliphatic heterocycles. The lowest BCUT2D eigenvalue weighted by Crippen LogP contribution is -2.37. The quantitative estimate of drug-likeness (QED) is 0.630. The Morgan fingerprint density at radius 1 is 1.37 bits per heavy atom. The van der Waals surface area contributed by atoms with E-state index in [4.69, 9.17) is 5.73 Å². The molecule has 0 radical (unpaired) electrons. The molecule has 1 aliphatic carbocycles. The Hall–Kier alpha value is -2.89. The second-order valence-corrected chi connectivity index (χ2v) is 7.65. The number of hydrogen-bond acceptors (Lipinski definition) is 4. The lowest BCUT2D eigenvalue weighted by atomic mass is 9.63. The molecule has 0 atom stereocenters. The first-order valence-electron chi connectivity index (χ1n) is 9.05. The number of nitrogens with two attached hydrogens (primary N) is 1. The van der Waals surface area contributed by atoms with Crippen molar-refractivity contribution in [2.75, 3.05) is 31.7 Å². The average molecular weight is 366 g/mol. The van der Waals surface area contributed by atoms with Gasteiger partial charge in [0.25, 0.3) is 5.91 Å². The molecule has 2 aromatic rings. The molecule has 1 saturated carbocycles. The summed E-state index contributed by atoms with van der Waals surface area (Å²) in [5.41, 5.74) is 9.55. The molecule has 0 saturated heterocycles. The van der Waals surface area contributed by atoms with E-state index in [1.54, 1.807) is 32.4 Å². The summed E-state index contributed by atoms with van der Waals surface area (Å²) in [6.07, 6.45) is 5.82. The number of allylic oxidation sites excluding steroid dienone is 2. The van der Waals surface area contributed by atoms with E-state index in [0.29, 0.717) is 11.1 Å².